The van der Waals surface area contributed by atoms with Gasteiger partial charge in [0.1, 0.15) is 19.1 Å². The largest absolute Gasteiger partial charge is 0.391 e. The van der Waals surface area contributed by atoms with Crippen molar-refractivity contribution < 1.29 is 19.3 Å². The number of nitrogens with zero attached hydrogens (tertiary/aromatic N) is 2. The average molecular weight is 538 g/mol. The molecule has 1 aliphatic rings. The first-order valence-corrected chi connectivity index (χ1v) is 11.5. The van der Waals surface area contributed by atoms with Crippen LogP contribution in [0.2, 0.25) is 20.1 Å². The fourth-order valence-electron chi connectivity index (χ4n) is 3.32. The van der Waals surface area contributed by atoms with Gasteiger partial charge in [-0.1, -0.05) is 81.9 Å². The molecule has 0 fully saturated rings. The molecule has 6 nitrogen and oxygen atoms in total. The van der Waals surface area contributed by atoms with Crippen LogP contribution in [-0.4, -0.2) is 23.1 Å². The number of amides is 2. The summed E-state index contributed by atoms with van der Waals surface area (Å²) in [4.78, 5) is 37.0. The highest BCUT2D eigenvalue weighted by Crippen LogP contribution is 2.30. The zero-order chi connectivity index (χ0) is 24.2. The molecule has 174 valence electrons. The van der Waals surface area contributed by atoms with Crippen LogP contribution < -0.4 is 0 Å². The molecule has 1 heterocycles. The van der Waals surface area contributed by atoms with E-state index in [0.717, 1.165) is 5.06 Å². The number of hydrogen-bond acceptors (Lipinski definition) is 5. The Hall–Kier alpha value is -2.61. The molecule has 0 N–H and O–H groups in total. The summed E-state index contributed by atoms with van der Waals surface area (Å²) in [5.41, 5.74) is 2.07. The molecule has 3 aromatic rings. The Labute approximate surface area is 215 Å². The number of carbonyl (C=O) groups excluding carboxylic acids is 2. The van der Waals surface area contributed by atoms with Gasteiger partial charge in [-0.05, 0) is 41.5 Å². The van der Waals surface area contributed by atoms with Gasteiger partial charge < -0.3 is 4.84 Å². The summed E-state index contributed by atoms with van der Waals surface area (Å²) in [6, 6.07) is 16.6. The summed E-state index contributed by atoms with van der Waals surface area (Å²) >= 11 is 24.1. The number of fused-ring (bicyclic) bond motifs is 1. The normalized spacial score (nSPS) is 15.6. The van der Waals surface area contributed by atoms with Crippen LogP contribution in [0.3, 0.4) is 0 Å². The minimum Gasteiger partial charge on any atom is -0.391 e. The molecule has 4 rings (SSSR count). The van der Waals surface area contributed by atoms with E-state index in [1.807, 2.05) is 0 Å². The highest BCUT2D eigenvalue weighted by molar-refractivity contribution is 6.35. The van der Waals surface area contributed by atoms with Gasteiger partial charge in [0.05, 0.1) is 6.21 Å². The van der Waals surface area contributed by atoms with Gasteiger partial charge >= 0.3 is 0 Å². The standard InChI is InChI=1S/C24H16Cl4N2O4/c25-16-7-5-14(21(27)9-16)12-33-29-11-20-18-3-1-2-4-19(18)23(31)30(24(20)32)34-13-15-6-8-17(26)10-22(15)28/h1-11,20H,12-13H2/b29-11+/t20-/m0/s1. The second-order valence-corrected chi connectivity index (χ2v) is 8.96. The van der Waals surface area contributed by atoms with Gasteiger partial charge in [-0.3, -0.25) is 14.4 Å². The van der Waals surface area contributed by atoms with E-state index >= 15 is 0 Å². The summed E-state index contributed by atoms with van der Waals surface area (Å²) in [5.74, 6) is -2.08. The zero-order valence-electron chi connectivity index (χ0n) is 17.4. The van der Waals surface area contributed by atoms with Gasteiger partial charge in [0, 0.05) is 31.2 Å². The summed E-state index contributed by atoms with van der Waals surface area (Å²) in [6.07, 6.45) is 1.32. The van der Waals surface area contributed by atoms with Crippen LogP contribution in [0.25, 0.3) is 0 Å². The van der Waals surface area contributed by atoms with Crippen molar-refractivity contribution >= 4 is 64.4 Å². The summed E-state index contributed by atoms with van der Waals surface area (Å²) < 4.78 is 0. The Morgan fingerprint density at radius 2 is 1.47 bits per heavy atom. The number of imide groups is 1. The Kier molecular flexibility index (Phi) is 7.76. The fourth-order valence-corrected chi connectivity index (χ4v) is 4.25. The van der Waals surface area contributed by atoms with Crippen LogP contribution in [0.4, 0.5) is 0 Å². The molecule has 34 heavy (non-hydrogen) atoms. The Balaban J connectivity index is 1.51. The van der Waals surface area contributed by atoms with Gasteiger partial charge in [0.15, 0.2) is 0 Å². The highest BCUT2D eigenvalue weighted by Gasteiger charge is 2.39. The lowest BCUT2D eigenvalue weighted by atomic mass is 9.90. The molecule has 0 unspecified atom stereocenters. The number of benzene rings is 3. The number of hydroxylamine groups is 2. The predicted molar refractivity (Wildman–Crippen MR) is 131 cm³/mol. The molecule has 2 amide bonds. The molecule has 10 heteroatoms. The average Bonchev–Trinajstić information content (AvgIpc) is 2.81. The molecule has 3 aromatic carbocycles. The lowest BCUT2D eigenvalue weighted by molar-refractivity contribution is -0.174. The van der Waals surface area contributed by atoms with E-state index in [1.54, 1.807) is 60.7 Å². The fraction of sp³-hybridized carbons (Fsp3) is 0.125. The summed E-state index contributed by atoms with van der Waals surface area (Å²) in [5, 5.41) is 6.42. The second kappa shape index (κ2) is 10.8. The summed E-state index contributed by atoms with van der Waals surface area (Å²) in [7, 11) is 0. The van der Waals surface area contributed by atoms with Gasteiger partial charge in [0.2, 0.25) is 0 Å². The van der Waals surface area contributed by atoms with E-state index in [4.69, 9.17) is 56.1 Å². The van der Waals surface area contributed by atoms with E-state index in [2.05, 4.69) is 5.16 Å². The molecule has 0 radical (unpaired) electrons. The second-order valence-electron chi connectivity index (χ2n) is 7.28. The number of carbonyl (C=O) groups is 2. The SMILES string of the molecule is O=C1c2ccccc2[C@H](/C=N/OCc2ccc(Cl)cc2Cl)C(=O)N1OCc1ccc(Cl)cc1Cl. The first kappa shape index (κ1) is 24.5. The van der Waals surface area contributed by atoms with Crippen molar-refractivity contribution in [2.75, 3.05) is 0 Å². The van der Waals surface area contributed by atoms with Crippen LogP contribution >= 0.6 is 46.4 Å². The van der Waals surface area contributed by atoms with Crippen LogP contribution in [-0.2, 0) is 27.7 Å². The van der Waals surface area contributed by atoms with Gasteiger partial charge in [0.25, 0.3) is 11.8 Å². The Bertz CT molecular complexity index is 1280. The zero-order valence-corrected chi connectivity index (χ0v) is 20.4. The van der Waals surface area contributed by atoms with Crippen LogP contribution in [0, 0.1) is 0 Å². The number of hydrogen-bond donors (Lipinski definition) is 0. The molecular formula is C24H16Cl4N2O4. The molecule has 0 aliphatic carbocycles. The molecule has 0 saturated heterocycles. The maximum absolute atomic E-state index is 13.2. The van der Waals surface area contributed by atoms with Crippen molar-refractivity contribution in [3.63, 3.8) is 0 Å². The third-order valence-corrected chi connectivity index (χ3v) is 6.23. The molecule has 0 spiro atoms. The van der Waals surface area contributed by atoms with Gasteiger partial charge in [-0.2, -0.15) is 0 Å². The van der Waals surface area contributed by atoms with Crippen molar-refractivity contribution in [1.29, 1.82) is 0 Å². The first-order chi connectivity index (χ1) is 16.3. The maximum atomic E-state index is 13.2. The van der Waals surface area contributed by atoms with E-state index < -0.39 is 17.7 Å². The van der Waals surface area contributed by atoms with Crippen LogP contribution in [0.5, 0.6) is 0 Å². The Morgan fingerprint density at radius 1 is 0.853 bits per heavy atom. The number of halogens is 4. The van der Waals surface area contributed by atoms with E-state index in [9.17, 15) is 9.59 Å². The summed E-state index contributed by atoms with van der Waals surface area (Å²) in [6.45, 7) is -0.0334. The van der Waals surface area contributed by atoms with Crippen molar-refractivity contribution in [2.45, 2.75) is 19.1 Å². The van der Waals surface area contributed by atoms with E-state index in [0.29, 0.717) is 42.3 Å². The van der Waals surface area contributed by atoms with Crippen molar-refractivity contribution in [1.82, 2.24) is 5.06 Å². The van der Waals surface area contributed by atoms with Gasteiger partial charge in [-0.15, -0.1) is 5.06 Å². The minimum atomic E-state index is -0.893. The van der Waals surface area contributed by atoms with Gasteiger partial charge in [-0.25, -0.2) is 0 Å². The third-order valence-electron chi connectivity index (χ3n) is 5.06. The smallest absolute Gasteiger partial charge is 0.285 e. The molecule has 0 aromatic heterocycles. The van der Waals surface area contributed by atoms with E-state index in [1.165, 1.54) is 6.21 Å². The third kappa shape index (κ3) is 5.37. The van der Waals surface area contributed by atoms with Crippen LogP contribution in [0.1, 0.15) is 33.0 Å². The minimum absolute atomic E-state index is 0.0727. The van der Waals surface area contributed by atoms with Crippen molar-refractivity contribution in [3.8, 4) is 0 Å². The monoisotopic (exact) mass is 536 g/mol. The van der Waals surface area contributed by atoms with Crippen LogP contribution in [0.15, 0.2) is 65.8 Å². The lowest BCUT2D eigenvalue weighted by Gasteiger charge is -2.29. The molecule has 1 aliphatic heterocycles. The first-order valence-electron chi connectivity index (χ1n) is 9.98. The highest BCUT2D eigenvalue weighted by atomic mass is 35.5. The predicted octanol–water partition coefficient (Wildman–Crippen LogP) is 6.70. The molecular weight excluding hydrogens is 522 g/mol. The van der Waals surface area contributed by atoms with Crippen molar-refractivity contribution in [2.24, 2.45) is 5.16 Å². The van der Waals surface area contributed by atoms with Crippen molar-refractivity contribution in [3.05, 3.63) is 103 Å². The number of oxime groups is 1. The lowest BCUT2D eigenvalue weighted by Crippen LogP contribution is -2.45. The molecule has 1 atom stereocenters. The number of rotatable bonds is 7. The maximum Gasteiger partial charge on any atom is 0.285 e. The quantitative estimate of drug-likeness (QED) is 0.191. The Morgan fingerprint density at radius 3 is 2.12 bits per heavy atom. The molecule has 0 bridgehead atoms. The topological polar surface area (TPSA) is 68.2 Å². The van der Waals surface area contributed by atoms with E-state index in [-0.39, 0.29) is 13.2 Å². The molecule has 0 saturated carbocycles.